The fraction of sp³-hybridized carbons (Fsp3) is 0.533. The van der Waals surface area contributed by atoms with Crippen molar-refractivity contribution in [3.8, 4) is 0 Å². The smallest absolute Gasteiger partial charge is 0.273 e. The third-order valence-electron chi connectivity index (χ3n) is 4.68. The molecule has 0 saturated carbocycles. The van der Waals surface area contributed by atoms with Crippen molar-refractivity contribution in [2.45, 2.75) is 50.8 Å². The number of hydrogen-bond donors (Lipinski definition) is 1. The van der Waals surface area contributed by atoms with Gasteiger partial charge in [0.25, 0.3) is 11.6 Å². The van der Waals surface area contributed by atoms with Crippen molar-refractivity contribution in [3.05, 3.63) is 39.4 Å². The molecular weight excluding hydrogens is 272 g/mol. The minimum Gasteiger partial charge on any atom is -0.393 e. The molecule has 2 bridgehead atoms. The van der Waals surface area contributed by atoms with Crippen molar-refractivity contribution in [1.82, 2.24) is 4.90 Å². The van der Waals surface area contributed by atoms with Crippen LogP contribution < -0.4 is 0 Å². The van der Waals surface area contributed by atoms with Gasteiger partial charge in [-0.2, -0.15) is 0 Å². The van der Waals surface area contributed by atoms with Crippen molar-refractivity contribution in [1.29, 1.82) is 0 Å². The summed E-state index contributed by atoms with van der Waals surface area (Å²) in [6.45, 7) is 1.62. The molecule has 1 aromatic rings. The zero-order chi connectivity index (χ0) is 15.1. The quantitative estimate of drug-likeness (QED) is 0.667. The molecule has 6 heteroatoms. The van der Waals surface area contributed by atoms with E-state index in [0.717, 1.165) is 12.8 Å². The van der Waals surface area contributed by atoms with Gasteiger partial charge in [-0.05, 0) is 38.7 Å². The molecule has 2 fully saturated rings. The highest BCUT2D eigenvalue weighted by molar-refractivity contribution is 5.97. The summed E-state index contributed by atoms with van der Waals surface area (Å²) < 4.78 is 0. The predicted molar refractivity (Wildman–Crippen MR) is 76.1 cm³/mol. The second kappa shape index (κ2) is 5.11. The Morgan fingerprint density at radius 3 is 2.52 bits per heavy atom. The SMILES string of the molecule is Cc1c(C(=O)N2C3CCC2CC(O)C3)cccc1[N+](=O)[O-]. The number of nitrogens with zero attached hydrogens (tertiary/aromatic N) is 2. The van der Waals surface area contributed by atoms with Gasteiger partial charge in [0.05, 0.1) is 11.0 Å². The van der Waals surface area contributed by atoms with Gasteiger partial charge in [0, 0.05) is 29.3 Å². The van der Waals surface area contributed by atoms with E-state index in [9.17, 15) is 20.0 Å². The molecule has 2 unspecified atom stereocenters. The minimum atomic E-state index is -0.458. The van der Waals surface area contributed by atoms with Gasteiger partial charge >= 0.3 is 0 Å². The van der Waals surface area contributed by atoms with Crippen molar-refractivity contribution in [3.63, 3.8) is 0 Å². The maximum absolute atomic E-state index is 12.8. The lowest BCUT2D eigenvalue weighted by molar-refractivity contribution is -0.385. The average molecular weight is 290 g/mol. The fourth-order valence-electron chi connectivity index (χ4n) is 3.67. The highest BCUT2D eigenvalue weighted by Gasteiger charge is 2.43. The van der Waals surface area contributed by atoms with Crippen LogP contribution in [0.5, 0.6) is 0 Å². The van der Waals surface area contributed by atoms with E-state index in [2.05, 4.69) is 0 Å². The summed E-state index contributed by atoms with van der Waals surface area (Å²) >= 11 is 0. The molecule has 0 spiro atoms. The summed E-state index contributed by atoms with van der Waals surface area (Å²) in [5, 5.41) is 20.8. The summed E-state index contributed by atoms with van der Waals surface area (Å²) in [6, 6.07) is 4.74. The second-order valence-electron chi connectivity index (χ2n) is 5.93. The summed E-state index contributed by atoms with van der Waals surface area (Å²) in [7, 11) is 0. The van der Waals surface area contributed by atoms with E-state index in [1.807, 2.05) is 4.90 Å². The molecule has 1 N–H and O–H groups in total. The number of fused-ring (bicyclic) bond motifs is 2. The van der Waals surface area contributed by atoms with Crippen molar-refractivity contribution in [2.24, 2.45) is 0 Å². The van der Waals surface area contributed by atoms with Crippen molar-refractivity contribution in [2.75, 3.05) is 0 Å². The van der Waals surface area contributed by atoms with E-state index in [4.69, 9.17) is 0 Å². The van der Waals surface area contributed by atoms with Crippen LogP contribution in [0.1, 0.15) is 41.6 Å². The lowest BCUT2D eigenvalue weighted by atomic mass is 9.97. The summed E-state index contributed by atoms with van der Waals surface area (Å²) in [6.07, 6.45) is 2.69. The first-order chi connectivity index (χ1) is 9.99. The molecule has 0 aliphatic carbocycles. The number of amides is 1. The van der Waals surface area contributed by atoms with E-state index in [0.29, 0.717) is 24.0 Å². The van der Waals surface area contributed by atoms with Crippen LogP contribution in [0.25, 0.3) is 0 Å². The number of hydrogen-bond acceptors (Lipinski definition) is 4. The van der Waals surface area contributed by atoms with Crippen molar-refractivity contribution >= 4 is 11.6 Å². The molecule has 112 valence electrons. The van der Waals surface area contributed by atoms with Crippen LogP contribution in [0, 0.1) is 17.0 Å². The molecule has 6 nitrogen and oxygen atoms in total. The normalized spacial score (nSPS) is 27.7. The fourth-order valence-corrected chi connectivity index (χ4v) is 3.67. The summed E-state index contributed by atoms with van der Waals surface area (Å²) in [5.41, 5.74) is 0.792. The van der Waals surface area contributed by atoms with Gasteiger partial charge in [-0.25, -0.2) is 0 Å². The van der Waals surface area contributed by atoms with Gasteiger partial charge in [0.15, 0.2) is 0 Å². The van der Waals surface area contributed by atoms with E-state index >= 15 is 0 Å². The Bertz CT molecular complexity index is 587. The Morgan fingerprint density at radius 1 is 1.33 bits per heavy atom. The number of benzene rings is 1. The van der Waals surface area contributed by atoms with E-state index in [1.54, 1.807) is 19.1 Å². The van der Waals surface area contributed by atoms with Gasteiger partial charge in [-0.3, -0.25) is 14.9 Å². The van der Waals surface area contributed by atoms with Crippen LogP contribution in [0.3, 0.4) is 0 Å². The number of rotatable bonds is 2. The molecule has 2 aliphatic rings. The van der Waals surface area contributed by atoms with E-state index in [-0.39, 0.29) is 29.8 Å². The van der Waals surface area contributed by atoms with Gasteiger partial charge in [0.2, 0.25) is 0 Å². The first-order valence-electron chi connectivity index (χ1n) is 7.23. The third kappa shape index (κ3) is 2.29. The van der Waals surface area contributed by atoms with Gasteiger partial charge < -0.3 is 10.0 Å². The number of piperidine rings is 1. The number of nitro benzene ring substituents is 1. The Labute approximate surface area is 122 Å². The Kier molecular flexibility index (Phi) is 3.41. The third-order valence-corrected chi connectivity index (χ3v) is 4.68. The molecule has 21 heavy (non-hydrogen) atoms. The van der Waals surface area contributed by atoms with Gasteiger partial charge in [-0.1, -0.05) is 6.07 Å². The average Bonchev–Trinajstić information content (AvgIpc) is 2.70. The molecule has 0 aromatic heterocycles. The molecular formula is C15H18N2O4. The molecule has 1 aromatic carbocycles. The van der Waals surface area contributed by atoms with Crippen LogP contribution in [0.4, 0.5) is 5.69 Å². The molecule has 1 amide bonds. The highest BCUT2D eigenvalue weighted by Crippen LogP contribution is 2.37. The zero-order valence-corrected chi connectivity index (χ0v) is 11.9. The van der Waals surface area contributed by atoms with Gasteiger partial charge in [-0.15, -0.1) is 0 Å². The monoisotopic (exact) mass is 290 g/mol. The first-order valence-corrected chi connectivity index (χ1v) is 7.23. The Balaban J connectivity index is 1.93. The first kappa shape index (κ1) is 14.0. The molecule has 3 rings (SSSR count). The highest BCUT2D eigenvalue weighted by atomic mass is 16.6. The van der Waals surface area contributed by atoms with Crippen LogP contribution in [0.2, 0.25) is 0 Å². The molecule has 2 aliphatic heterocycles. The van der Waals surface area contributed by atoms with Crippen molar-refractivity contribution < 1.29 is 14.8 Å². The summed E-state index contributed by atoms with van der Waals surface area (Å²) in [4.78, 5) is 25.2. The van der Waals surface area contributed by atoms with E-state index < -0.39 is 4.92 Å². The zero-order valence-electron chi connectivity index (χ0n) is 11.9. The maximum atomic E-state index is 12.8. The van der Waals surface area contributed by atoms with Crippen LogP contribution >= 0.6 is 0 Å². The maximum Gasteiger partial charge on any atom is 0.273 e. The molecule has 2 heterocycles. The largest absolute Gasteiger partial charge is 0.393 e. The Morgan fingerprint density at radius 2 is 1.95 bits per heavy atom. The lowest BCUT2D eigenvalue weighted by Gasteiger charge is -2.37. The number of carbonyl (C=O) groups is 1. The molecule has 2 saturated heterocycles. The van der Waals surface area contributed by atoms with E-state index in [1.165, 1.54) is 6.07 Å². The van der Waals surface area contributed by atoms with Crippen LogP contribution in [-0.2, 0) is 0 Å². The molecule has 2 atom stereocenters. The minimum absolute atomic E-state index is 0.0229. The second-order valence-corrected chi connectivity index (χ2v) is 5.93. The number of nitro groups is 1. The van der Waals surface area contributed by atoms with Gasteiger partial charge in [0.1, 0.15) is 0 Å². The molecule has 0 radical (unpaired) electrons. The predicted octanol–water partition coefficient (Wildman–Crippen LogP) is 2.03. The number of aliphatic hydroxyl groups excluding tert-OH is 1. The van der Waals surface area contributed by atoms with Crippen LogP contribution in [-0.4, -0.2) is 39.0 Å². The standard InChI is InChI=1S/C15H18N2O4/c1-9-13(3-2-4-14(9)17(20)21)15(19)16-10-5-6-11(16)8-12(18)7-10/h2-4,10-12,18H,5-8H2,1H3. The Hall–Kier alpha value is -1.95. The summed E-state index contributed by atoms with van der Waals surface area (Å²) in [5.74, 6) is -0.143. The topological polar surface area (TPSA) is 83.7 Å². The van der Waals surface area contributed by atoms with Crippen LogP contribution in [0.15, 0.2) is 18.2 Å². The number of aliphatic hydroxyl groups is 1. The number of carbonyl (C=O) groups excluding carboxylic acids is 1. The lowest BCUT2D eigenvalue weighted by Crippen LogP contribution is -2.48.